The maximum absolute atomic E-state index is 14.9. The van der Waals surface area contributed by atoms with Gasteiger partial charge in [0, 0.05) is 30.8 Å². The normalized spacial score (nSPS) is 20.4. The van der Waals surface area contributed by atoms with Crippen LogP contribution in [0, 0.1) is 18.7 Å². The van der Waals surface area contributed by atoms with Crippen molar-refractivity contribution in [3.63, 3.8) is 0 Å². The van der Waals surface area contributed by atoms with Crippen molar-refractivity contribution in [2.75, 3.05) is 24.6 Å². The molecule has 2 atom stereocenters. The number of carbonyl (C=O) groups is 1. The molecule has 40 heavy (non-hydrogen) atoms. The van der Waals surface area contributed by atoms with Crippen LogP contribution in [0.4, 0.5) is 10.2 Å². The molecule has 6 rings (SSSR count). The summed E-state index contributed by atoms with van der Waals surface area (Å²) in [7, 11) is 0. The third-order valence-corrected chi connectivity index (χ3v) is 8.16. The van der Waals surface area contributed by atoms with Gasteiger partial charge in [-0.25, -0.2) is 18.7 Å². The molecule has 206 valence electrons. The van der Waals surface area contributed by atoms with Crippen LogP contribution >= 0.6 is 11.6 Å². The first-order valence-corrected chi connectivity index (χ1v) is 13.5. The summed E-state index contributed by atoms with van der Waals surface area (Å²) in [5.74, 6) is -0.721. The number of hydrogen-bond donors (Lipinski definition) is 1. The fraction of sp³-hybridized carbons (Fsp3) is 0.345. The summed E-state index contributed by atoms with van der Waals surface area (Å²) >= 11 is 6.74. The van der Waals surface area contributed by atoms with Crippen LogP contribution in [0.15, 0.2) is 47.4 Å². The molecule has 2 fully saturated rings. The number of halogens is 2. The second-order valence-electron chi connectivity index (χ2n) is 10.7. The molecule has 3 aromatic heterocycles. The number of pyridine rings is 2. The van der Waals surface area contributed by atoms with Crippen molar-refractivity contribution in [3.8, 4) is 16.9 Å². The number of anilines is 1. The van der Waals surface area contributed by atoms with Crippen molar-refractivity contribution >= 4 is 34.4 Å². The predicted molar refractivity (Wildman–Crippen MR) is 150 cm³/mol. The van der Waals surface area contributed by atoms with Crippen LogP contribution in [-0.2, 0) is 9.53 Å². The van der Waals surface area contributed by atoms with Gasteiger partial charge in [0.1, 0.15) is 11.6 Å². The number of nitrogens with two attached hydrogens (primary N) is 1. The van der Waals surface area contributed by atoms with E-state index in [1.807, 2.05) is 31.7 Å². The topological polar surface area (TPSA) is 120 Å². The molecule has 0 radical (unpaired) electrons. The van der Waals surface area contributed by atoms with Crippen molar-refractivity contribution in [2.45, 2.75) is 38.7 Å². The Hall–Kier alpha value is -3.89. The third kappa shape index (κ3) is 4.13. The van der Waals surface area contributed by atoms with Crippen molar-refractivity contribution in [2.24, 2.45) is 11.7 Å². The Morgan fingerprint density at radius 1 is 1.25 bits per heavy atom. The van der Waals surface area contributed by atoms with Crippen LogP contribution in [0.25, 0.3) is 28.0 Å². The summed E-state index contributed by atoms with van der Waals surface area (Å²) in [5, 5.41) is 0.737. The van der Waals surface area contributed by atoms with Gasteiger partial charge < -0.3 is 15.4 Å². The molecule has 0 bridgehead atoms. The number of nitrogens with zero attached hydrogens (tertiary/aromatic N) is 5. The van der Waals surface area contributed by atoms with Crippen LogP contribution < -0.4 is 16.3 Å². The highest BCUT2D eigenvalue weighted by Crippen LogP contribution is 2.42. The van der Waals surface area contributed by atoms with Gasteiger partial charge in [-0.3, -0.25) is 9.78 Å². The van der Waals surface area contributed by atoms with E-state index in [1.165, 1.54) is 10.6 Å². The maximum Gasteiger partial charge on any atom is 0.355 e. The van der Waals surface area contributed by atoms with Gasteiger partial charge in [0.15, 0.2) is 11.2 Å². The maximum atomic E-state index is 14.9. The van der Waals surface area contributed by atoms with Crippen molar-refractivity contribution in [1.29, 1.82) is 0 Å². The molecule has 2 aliphatic heterocycles. The molecular formula is C29H28ClFN6O3. The largest absolute Gasteiger partial charge is 0.367 e. The van der Waals surface area contributed by atoms with Gasteiger partial charge in [-0.1, -0.05) is 37.6 Å². The number of benzene rings is 1. The number of aromatic nitrogens is 4. The lowest BCUT2D eigenvalue weighted by atomic mass is 9.91. The molecule has 0 spiro atoms. The molecule has 5 heterocycles. The molecule has 1 aromatic carbocycles. The number of epoxide rings is 1. The molecule has 2 saturated heterocycles. The van der Waals surface area contributed by atoms with E-state index in [1.54, 1.807) is 30.5 Å². The number of hydrogen-bond acceptors (Lipinski definition) is 7. The SMILES string of the molecule is Cc1ccnc(C(C)C)c1-n1c(=O)nc(N2CC[C@@H](C3(C(N)=O)CO3)C2)c2cc(Cl)c(-c3ccccc3F)nc21. The van der Waals surface area contributed by atoms with Gasteiger partial charge >= 0.3 is 5.69 Å². The number of amides is 1. The molecule has 2 N–H and O–H groups in total. The first kappa shape index (κ1) is 26.3. The van der Waals surface area contributed by atoms with E-state index in [0.29, 0.717) is 42.1 Å². The first-order valence-electron chi connectivity index (χ1n) is 13.1. The smallest absolute Gasteiger partial charge is 0.355 e. The van der Waals surface area contributed by atoms with Crippen LogP contribution in [-0.4, -0.2) is 50.7 Å². The summed E-state index contributed by atoms with van der Waals surface area (Å²) in [5.41, 5.74) is 6.92. The zero-order valence-corrected chi connectivity index (χ0v) is 23.1. The summed E-state index contributed by atoms with van der Waals surface area (Å²) in [6.07, 6.45) is 2.35. The average molecular weight is 563 g/mol. The highest BCUT2D eigenvalue weighted by Gasteiger charge is 2.58. The Balaban J connectivity index is 1.61. The molecule has 9 nitrogen and oxygen atoms in total. The molecule has 0 aliphatic carbocycles. The van der Waals surface area contributed by atoms with E-state index >= 15 is 0 Å². The van der Waals surface area contributed by atoms with Crippen molar-refractivity contribution < 1.29 is 13.9 Å². The lowest BCUT2D eigenvalue weighted by molar-refractivity contribution is -0.124. The van der Waals surface area contributed by atoms with Gasteiger partial charge in [0.05, 0.1) is 34.1 Å². The van der Waals surface area contributed by atoms with E-state index in [9.17, 15) is 14.0 Å². The molecule has 0 saturated carbocycles. The monoisotopic (exact) mass is 562 g/mol. The standard InChI is InChI=1S/C29H28ClFN6O3/c1-15(2)22-24(16(3)8-10-33-22)37-26-19(12-20(30)23(34-26)18-6-4-5-7-21(18)31)25(35-28(37)39)36-11-9-17(13-36)29(14-40-29)27(32)38/h4-8,10,12,15,17H,9,11,13-14H2,1-3H3,(H2,32,38)/t17-,29?/m1/s1. The third-order valence-electron chi connectivity index (χ3n) is 7.87. The van der Waals surface area contributed by atoms with E-state index < -0.39 is 23.0 Å². The number of primary amides is 1. The van der Waals surface area contributed by atoms with Crippen LogP contribution in [0.5, 0.6) is 0 Å². The fourth-order valence-electron chi connectivity index (χ4n) is 5.67. The van der Waals surface area contributed by atoms with Crippen LogP contribution in [0.2, 0.25) is 5.02 Å². The number of ether oxygens (including phenoxy) is 1. The Morgan fingerprint density at radius 2 is 2.00 bits per heavy atom. The molecule has 1 unspecified atom stereocenters. The Bertz CT molecular complexity index is 1740. The Labute approximate surface area is 234 Å². The number of rotatable bonds is 6. The highest BCUT2D eigenvalue weighted by molar-refractivity contribution is 6.33. The number of fused-ring (bicyclic) bond motifs is 1. The highest BCUT2D eigenvalue weighted by atomic mass is 35.5. The molecule has 1 amide bonds. The van der Waals surface area contributed by atoms with E-state index in [-0.39, 0.29) is 40.4 Å². The quantitative estimate of drug-likeness (QED) is 0.351. The lowest BCUT2D eigenvalue weighted by Crippen LogP contribution is -2.40. The van der Waals surface area contributed by atoms with Gasteiger partial charge in [-0.2, -0.15) is 4.98 Å². The minimum Gasteiger partial charge on any atom is -0.367 e. The number of carbonyl (C=O) groups excluding carboxylic acids is 1. The second-order valence-corrected chi connectivity index (χ2v) is 11.1. The summed E-state index contributed by atoms with van der Waals surface area (Å²) < 4.78 is 21.8. The zero-order chi connectivity index (χ0) is 28.3. The lowest BCUT2D eigenvalue weighted by Gasteiger charge is -2.23. The van der Waals surface area contributed by atoms with Crippen molar-refractivity contribution in [3.05, 3.63) is 75.2 Å². The zero-order valence-electron chi connectivity index (χ0n) is 22.3. The second kappa shape index (κ2) is 9.64. The average Bonchev–Trinajstić information content (AvgIpc) is 3.59. The van der Waals surface area contributed by atoms with Gasteiger partial charge in [0.25, 0.3) is 5.91 Å². The minimum absolute atomic E-state index is 0.00210. The van der Waals surface area contributed by atoms with Crippen LogP contribution in [0.3, 0.4) is 0 Å². The minimum atomic E-state index is -0.980. The van der Waals surface area contributed by atoms with E-state index in [2.05, 4.69) is 9.97 Å². The van der Waals surface area contributed by atoms with E-state index in [0.717, 1.165) is 5.56 Å². The predicted octanol–water partition coefficient (Wildman–Crippen LogP) is 4.15. The fourth-order valence-corrected chi connectivity index (χ4v) is 5.92. The molecule has 11 heteroatoms. The first-order chi connectivity index (χ1) is 19.1. The van der Waals surface area contributed by atoms with Crippen LogP contribution in [0.1, 0.15) is 37.4 Å². The number of aryl methyl sites for hydroxylation is 1. The molecule has 4 aromatic rings. The Kier molecular flexibility index (Phi) is 6.35. The van der Waals surface area contributed by atoms with E-state index in [4.69, 9.17) is 27.1 Å². The molecular weight excluding hydrogens is 535 g/mol. The van der Waals surface area contributed by atoms with Gasteiger partial charge in [-0.15, -0.1) is 0 Å². The van der Waals surface area contributed by atoms with Gasteiger partial charge in [-0.05, 0) is 49.1 Å². The summed E-state index contributed by atoms with van der Waals surface area (Å²) in [6, 6.07) is 9.72. The Morgan fingerprint density at radius 3 is 2.67 bits per heavy atom. The summed E-state index contributed by atoms with van der Waals surface area (Å²) in [6.45, 7) is 7.12. The summed E-state index contributed by atoms with van der Waals surface area (Å²) in [4.78, 5) is 41.8. The van der Waals surface area contributed by atoms with Crippen molar-refractivity contribution in [1.82, 2.24) is 19.5 Å². The van der Waals surface area contributed by atoms with Gasteiger partial charge in [0.2, 0.25) is 0 Å². The molecule has 2 aliphatic rings.